The Balaban J connectivity index is 2.42. The number of nitrogens with zero attached hydrogens (tertiary/aromatic N) is 2. The first-order valence-corrected chi connectivity index (χ1v) is 5.19. The smallest absolute Gasteiger partial charge is 0.445 e. The third-order valence-electron chi connectivity index (χ3n) is 2.67. The van der Waals surface area contributed by atoms with Gasteiger partial charge in [-0.05, 0) is 19.1 Å². The molecule has 0 amide bonds. The average molecular weight is 239 g/mol. The lowest BCUT2D eigenvalue weighted by Crippen LogP contribution is -2.22. The van der Waals surface area contributed by atoms with Crippen LogP contribution in [0.1, 0.15) is 5.82 Å². The first kappa shape index (κ1) is 11.8. The molecule has 2 nitrogen and oxygen atoms in total. The number of halogens is 3. The van der Waals surface area contributed by atoms with Crippen LogP contribution in [0.2, 0.25) is 0 Å². The lowest BCUT2D eigenvalue weighted by molar-refractivity contribution is 0.482. The molecule has 0 unspecified atom stereocenters. The highest BCUT2D eigenvalue weighted by Gasteiger charge is 2.27. The number of aromatic nitrogens is 2. The molecule has 2 rings (SSSR count). The Labute approximate surface area is 96.8 Å². The molecule has 0 aliphatic carbocycles. The van der Waals surface area contributed by atoms with Crippen LogP contribution in [0.5, 0.6) is 0 Å². The second kappa shape index (κ2) is 3.94. The number of benzene rings is 1. The normalized spacial score (nSPS) is 12.0. The molecule has 1 heterocycles. The lowest BCUT2D eigenvalue weighted by Gasteiger charge is -2.19. The Bertz CT molecular complexity index is 572. The van der Waals surface area contributed by atoms with Gasteiger partial charge in [-0.3, -0.25) is 0 Å². The standard InChI is InChI=1S/C11H11BF3N2/c1-8(12(13,14)15)7-17-9(2)16-10-5-3-4-6-11(10)17/h3-6H,1,7H2,2H3/q-1. The minimum atomic E-state index is -5.00. The number of fused-ring (bicyclic) bond motifs is 1. The SMILES string of the molecule is C=C(Cn1c(C)nc2ccccc21)[B-](F)(F)F. The Morgan fingerprint density at radius 1 is 1.35 bits per heavy atom. The molecular weight excluding hydrogens is 228 g/mol. The molecule has 0 spiro atoms. The second-order valence-corrected chi connectivity index (χ2v) is 3.97. The van der Waals surface area contributed by atoms with Gasteiger partial charge in [-0.1, -0.05) is 12.1 Å². The highest BCUT2D eigenvalue weighted by molar-refractivity contribution is 6.66. The molecule has 0 saturated carbocycles. The van der Waals surface area contributed by atoms with Crippen molar-refractivity contribution in [3.63, 3.8) is 0 Å². The molecule has 0 bridgehead atoms. The van der Waals surface area contributed by atoms with Crippen LogP contribution in [-0.4, -0.2) is 16.5 Å². The van der Waals surface area contributed by atoms with Gasteiger partial charge in [0.25, 0.3) is 0 Å². The number of rotatable bonds is 3. The summed E-state index contributed by atoms with van der Waals surface area (Å²) in [6.07, 6.45) is 0. The number of allylic oxidation sites excluding steroid dienone is 1. The fourth-order valence-corrected chi connectivity index (χ4v) is 1.70. The predicted molar refractivity (Wildman–Crippen MR) is 62.7 cm³/mol. The van der Waals surface area contributed by atoms with Crippen LogP contribution in [0.25, 0.3) is 11.0 Å². The first-order valence-electron chi connectivity index (χ1n) is 5.19. The van der Waals surface area contributed by atoms with E-state index in [4.69, 9.17) is 0 Å². The molecule has 0 aliphatic heterocycles. The van der Waals surface area contributed by atoms with Gasteiger partial charge in [0.05, 0.1) is 11.0 Å². The summed E-state index contributed by atoms with van der Waals surface area (Å²) < 4.78 is 39.0. The topological polar surface area (TPSA) is 17.8 Å². The number of imidazole rings is 1. The van der Waals surface area contributed by atoms with E-state index in [0.717, 1.165) is 0 Å². The van der Waals surface area contributed by atoms with Crippen LogP contribution < -0.4 is 0 Å². The van der Waals surface area contributed by atoms with E-state index in [1.807, 2.05) is 6.07 Å². The molecule has 0 aliphatic rings. The summed E-state index contributed by atoms with van der Waals surface area (Å²) in [6.45, 7) is -0.456. The average Bonchev–Trinajstić information content (AvgIpc) is 2.54. The first-order chi connectivity index (χ1) is 7.89. The summed E-state index contributed by atoms with van der Waals surface area (Å²) in [4.78, 5) is 4.21. The zero-order valence-electron chi connectivity index (χ0n) is 9.33. The molecular formula is C11H11BF3N2-. The number of hydrogen-bond acceptors (Lipinski definition) is 1. The van der Waals surface area contributed by atoms with E-state index in [0.29, 0.717) is 16.9 Å². The third-order valence-corrected chi connectivity index (χ3v) is 2.67. The van der Waals surface area contributed by atoms with Gasteiger partial charge >= 0.3 is 6.98 Å². The Morgan fingerprint density at radius 2 is 2.00 bits per heavy atom. The third kappa shape index (κ3) is 2.20. The summed E-state index contributed by atoms with van der Waals surface area (Å²) in [7, 11) is 0. The summed E-state index contributed by atoms with van der Waals surface area (Å²) in [6, 6.07) is 7.12. The molecule has 1 aromatic carbocycles. The molecule has 0 radical (unpaired) electrons. The van der Waals surface area contributed by atoms with Crippen LogP contribution in [0.3, 0.4) is 0 Å². The van der Waals surface area contributed by atoms with Crippen LogP contribution >= 0.6 is 0 Å². The van der Waals surface area contributed by atoms with Crippen LogP contribution in [0.4, 0.5) is 12.9 Å². The lowest BCUT2D eigenvalue weighted by atomic mass is 9.80. The Hall–Kier alpha value is -1.72. The van der Waals surface area contributed by atoms with Gasteiger partial charge in [-0.2, -0.15) is 0 Å². The van der Waals surface area contributed by atoms with Crippen molar-refractivity contribution in [1.82, 2.24) is 9.55 Å². The number of hydrogen-bond donors (Lipinski definition) is 0. The van der Waals surface area contributed by atoms with E-state index < -0.39 is 12.4 Å². The van der Waals surface area contributed by atoms with Crippen LogP contribution in [0, 0.1) is 6.92 Å². The maximum absolute atomic E-state index is 12.5. The van der Waals surface area contributed by atoms with Crippen molar-refractivity contribution in [2.75, 3.05) is 0 Å². The van der Waals surface area contributed by atoms with Crippen LogP contribution in [-0.2, 0) is 6.54 Å². The molecule has 0 fully saturated rings. The van der Waals surface area contributed by atoms with Crippen molar-refractivity contribution < 1.29 is 12.9 Å². The summed E-state index contributed by atoms with van der Waals surface area (Å²) in [5.41, 5.74) is 0.690. The molecule has 17 heavy (non-hydrogen) atoms. The zero-order chi connectivity index (χ0) is 12.6. The summed E-state index contributed by atoms with van der Waals surface area (Å²) in [5.74, 6) is 0.562. The maximum atomic E-state index is 12.5. The van der Waals surface area contributed by atoms with Gasteiger partial charge in [0, 0.05) is 6.54 Å². The largest absolute Gasteiger partial charge is 0.506 e. The van der Waals surface area contributed by atoms with Crippen molar-refractivity contribution >= 4 is 18.0 Å². The van der Waals surface area contributed by atoms with Crippen molar-refractivity contribution in [3.05, 3.63) is 42.1 Å². The fourth-order valence-electron chi connectivity index (χ4n) is 1.70. The number of aryl methyl sites for hydroxylation is 1. The van der Waals surface area contributed by atoms with Crippen molar-refractivity contribution in [3.8, 4) is 0 Å². The predicted octanol–water partition coefficient (Wildman–Crippen LogP) is 3.29. The quantitative estimate of drug-likeness (QED) is 0.751. The van der Waals surface area contributed by atoms with Gasteiger partial charge in [0.1, 0.15) is 5.82 Å². The molecule has 0 atom stereocenters. The van der Waals surface area contributed by atoms with Gasteiger partial charge in [0.2, 0.25) is 0 Å². The van der Waals surface area contributed by atoms with Crippen LogP contribution in [0.15, 0.2) is 36.3 Å². The number of para-hydroxylation sites is 2. The highest BCUT2D eigenvalue weighted by Crippen LogP contribution is 2.23. The summed E-state index contributed by atoms with van der Waals surface area (Å²) in [5, 5.41) is 0. The molecule has 90 valence electrons. The van der Waals surface area contributed by atoms with E-state index in [2.05, 4.69) is 11.6 Å². The van der Waals surface area contributed by atoms with Gasteiger partial charge in [-0.15, -0.1) is 12.1 Å². The van der Waals surface area contributed by atoms with Crippen molar-refractivity contribution in [2.24, 2.45) is 0 Å². The fraction of sp³-hybridized carbons (Fsp3) is 0.182. The van der Waals surface area contributed by atoms with Gasteiger partial charge in [-0.25, -0.2) is 4.98 Å². The van der Waals surface area contributed by atoms with Gasteiger partial charge < -0.3 is 17.5 Å². The van der Waals surface area contributed by atoms with E-state index >= 15 is 0 Å². The molecule has 6 heteroatoms. The summed E-state index contributed by atoms with van der Waals surface area (Å²) >= 11 is 0. The Kier molecular flexibility index (Phi) is 2.73. The van der Waals surface area contributed by atoms with Crippen molar-refractivity contribution in [2.45, 2.75) is 13.5 Å². The van der Waals surface area contributed by atoms with Gasteiger partial charge in [0.15, 0.2) is 0 Å². The Morgan fingerprint density at radius 3 is 2.65 bits per heavy atom. The molecule has 0 N–H and O–H groups in total. The second-order valence-electron chi connectivity index (χ2n) is 3.97. The van der Waals surface area contributed by atoms with E-state index in [1.54, 1.807) is 25.1 Å². The maximum Gasteiger partial charge on any atom is 0.506 e. The van der Waals surface area contributed by atoms with E-state index in [9.17, 15) is 12.9 Å². The molecule has 0 saturated heterocycles. The molecule has 1 aromatic heterocycles. The molecule has 2 aromatic rings. The van der Waals surface area contributed by atoms with Crippen molar-refractivity contribution in [1.29, 1.82) is 0 Å². The highest BCUT2D eigenvalue weighted by atomic mass is 19.4. The zero-order valence-corrected chi connectivity index (χ0v) is 9.33. The minimum absolute atomic E-state index is 0.254. The monoisotopic (exact) mass is 239 g/mol. The minimum Gasteiger partial charge on any atom is -0.445 e. The van der Waals surface area contributed by atoms with E-state index in [1.165, 1.54) is 4.57 Å². The van der Waals surface area contributed by atoms with E-state index in [-0.39, 0.29) is 6.54 Å².